The van der Waals surface area contributed by atoms with E-state index >= 15 is 0 Å². The molecule has 0 amide bonds. The van der Waals surface area contributed by atoms with Crippen LogP contribution in [-0.2, 0) is 14.3 Å². The Balaban J connectivity index is 2.54. The molecule has 1 N–H and O–H groups in total. The van der Waals surface area contributed by atoms with Gasteiger partial charge in [-0.3, -0.25) is 0 Å². The molecule has 1 rings (SSSR count). The van der Waals surface area contributed by atoms with Crippen LogP contribution in [0.2, 0.25) is 0 Å². The van der Waals surface area contributed by atoms with Crippen molar-refractivity contribution >= 4 is 5.97 Å². The summed E-state index contributed by atoms with van der Waals surface area (Å²) in [6.07, 6.45) is 3.12. The van der Waals surface area contributed by atoms with Gasteiger partial charge < -0.3 is 14.6 Å². The minimum atomic E-state index is -0.968. The largest absolute Gasteiger partial charge is 0.479 e. The predicted molar refractivity (Wildman–Crippen MR) is 65.0 cm³/mol. The van der Waals surface area contributed by atoms with Gasteiger partial charge in [-0.2, -0.15) is 0 Å². The van der Waals surface area contributed by atoms with Crippen molar-refractivity contribution in [3.8, 4) is 0 Å². The molecule has 4 nitrogen and oxygen atoms in total. The zero-order chi connectivity index (χ0) is 12.9. The lowest BCUT2D eigenvalue weighted by Gasteiger charge is -2.38. The number of carbonyl (C=O) groups is 1. The molecule has 0 aliphatic heterocycles. The Labute approximate surface area is 103 Å². The van der Waals surface area contributed by atoms with Crippen LogP contribution in [0.3, 0.4) is 0 Å². The average Bonchev–Trinajstić information content (AvgIpc) is 2.29. The van der Waals surface area contributed by atoms with E-state index in [9.17, 15) is 9.90 Å². The van der Waals surface area contributed by atoms with Crippen molar-refractivity contribution in [3.05, 3.63) is 0 Å². The Morgan fingerprint density at radius 1 is 1.35 bits per heavy atom. The average molecular weight is 244 g/mol. The Hall–Kier alpha value is -0.610. The highest BCUT2D eigenvalue weighted by atomic mass is 16.5. The molecule has 0 aromatic rings. The summed E-state index contributed by atoms with van der Waals surface area (Å²) >= 11 is 0. The second-order valence-electron chi connectivity index (χ2n) is 5.22. The zero-order valence-corrected chi connectivity index (χ0v) is 11.1. The van der Waals surface area contributed by atoms with Gasteiger partial charge in [-0.05, 0) is 37.5 Å². The fourth-order valence-electron chi connectivity index (χ4n) is 2.51. The Kier molecular flexibility index (Phi) is 5.40. The van der Waals surface area contributed by atoms with Gasteiger partial charge in [-0.1, -0.05) is 13.8 Å². The van der Waals surface area contributed by atoms with E-state index < -0.39 is 11.6 Å². The number of carboxylic acids is 1. The van der Waals surface area contributed by atoms with Crippen LogP contribution in [0, 0.1) is 11.8 Å². The van der Waals surface area contributed by atoms with Crippen LogP contribution in [0.25, 0.3) is 0 Å². The van der Waals surface area contributed by atoms with E-state index in [-0.39, 0.29) is 0 Å². The van der Waals surface area contributed by atoms with Crippen LogP contribution in [0.1, 0.15) is 39.5 Å². The molecular weight excluding hydrogens is 220 g/mol. The van der Waals surface area contributed by atoms with Crippen molar-refractivity contribution in [3.63, 3.8) is 0 Å². The van der Waals surface area contributed by atoms with Crippen molar-refractivity contribution < 1.29 is 19.4 Å². The van der Waals surface area contributed by atoms with Crippen LogP contribution >= 0.6 is 0 Å². The van der Waals surface area contributed by atoms with Gasteiger partial charge in [-0.15, -0.1) is 0 Å². The molecule has 0 unspecified atom stereocenters. The van der Waals surface area contributed by atoms with Gasteiger partial charge >= 0.3 is 5.97 Å². The summed E-state index contributed by atoms with van der Waals surface area (Å²) in [5.41, 5.74) is -0.968. The minimum Gasteiger partial charge on any atom is -0.479 e. The molecule has 0 spiro atoms. The summed E-state index contributed by atoms with van der Waals surface area (Å²) in [7, 11) is 1.59. The molecule has 1 fully saturated rings. The molecular formula is C13H24O4. The van der Waals surface area contributed by atoms with E-state index in [1.807, 2.05) is 0 Å². The van der Waals surface area contributed by atoms with Gasteiger partial charge in [0.25, 0.3) is 0 Å². The van der Waals surface area contributed by atoms with Crippen LogP contribution in [-0.4, -0.2) is 37.0 Å². The second-order valence-corrected chi connectivity index (χ2v) is 5.22. The molecule has 17 heavy (non-hydrogen) atoms. The lowest BCUT2D eigenvalue weighted by Crippen LogP contribution is -2.46. The molecule has 1 aliphatic rings. The summed E-state index contributed by atoms with van der Waals surface area (Å²) in [5, 5.41) is 9.35. The van der Waals surface area contributed by atoms with Crippen molar-refractivity contribution in [2.45, 2.75) is 45.1 Å². The van der Waals surface area contributed by atoms with Crippen molar-refractivity contribution in [2.24, 2.45) is 11.8 Å². The maximum atomic E-state index is 11.4. The molecule has 0 aromatic heterocycles. The number of rotatable bonds is 6. The quantitative estimate of drug-likeness (QED) is 0.728. The maximum Gasteiger partial charge on any atom is 0.335 e. The van der Waals surface area contributed by atoms with Crippen LogP contribution in [0.5, 0.6) is 0 Å². The highest BCUT2D eigenvalue weighted by molar-refractivity contribution is 5.77. The first-order valence-electron chi connectivity index (χ1n) is 6.38. The van der Waals surface area contributed by atoms with Gasteiger partial charge in [-0.25, -0.2) is 4.79 Å². The number of hydrogen-bond donors (Lipinski definition) is 1. The van der Waals surface area contributed by atoms with Crippen LogP contribution < -0.4 is 0 Å². The molecule has 100 valence electrons. The van der Waals surface area contributed by atoms with E-state index in [0.29, 0.717) is 37.9 Å². The molecule has 0 aromatic carbocycles. The van der Waals surface area contributed by atoms with E-state index in [4.69, 9.17) is 9.47 Å². The molecule has 0 bridgehead atoms. The minimum absolute atomic E-state index is 0.356. The third-order valence-electron chi connectivity index (χ3n) is 3.84. The number of carboxylic acid groups (broad SMARTS) is 1. The fourth-order valence-corrected chi connectivity index (χ4v) is 2.51. The topological polar surface area (TPSA) is 55.8 Å². The second kappa shape index (κ2) is 6.36. The van der Waals surface area contributed by atoms with Crippen molar-refractivity contribution in [1.82, 2.24) is 0 Å². The normalized spacial score (nSPS) is 29.5. The van der Waals surface area contributed by atoms with E-state index in [1.54, 1.807) is 7.11 Å². The highest BCUT2D eigenvalue weighted by Crippen LogP contribution is 2.38. The number of methoxy groups -OCH3 is 1. The molecule has 4 heteroatoms. The monoisotopic (exact) mass is 244 g/mol. The SMILES string of the molecule is COCCOC1(C(=O)O)CCC(C(C)C)CC1. The third kappa shape index (κ3) is 3.68. The molecule has 0 saturated heterocycles. The number of aliphatic carboxylic acids is 1. The Morgan fingerprint density at radius 2 is 1.94 bits per heavy atom. The lowest BCUT2D eigenvalue weighted by atomic mass is 9.74. The lowest BCUT2D eigenvalue weighted by molar-refractivity contribution is -0.174. The summed E-state index contributed by atoms with van der Waals surface area (Å²) in [6, 6.07) is 0. The zero-order valence-electron chi connectivity index (χ0n) is 11.1. The number of ether oxygens (including phenoxy) is 2. The predicted octanol–water partition coefficient (Wildman–Crippen LogP) is 2.32. The van der Waals surface area contributed by atoms with Gasteiger partial charge in [0.05, 0.1) is 13.2 Å². The van der Waals surface area contributed by atoms with Gasteiger partial charge in [0, 0.05) is 7.11 Å². The third-order valence-corrected chi connectivity index (χ3v) is 3.84. The highest BCUT2D eigenvalue weighted by Gasteiger charge is 2.43. The van der Waals surface area contributed by atoms with Gasteiger partial charge in [0.1, 0.15) is 0 Å². The number of hydrogen-bond acceptors (Lipinski definition) is 3. The van der Waals surface area contributed by atoms with Crippen molar-refractivity contribution in [2.75, 3.05) is 20.3 Å². The van der Waals surface area contributed by atoms with E-state index in [0.717, 1.165) is 12.8 Å². The van der Waals surface area contributed by atoms with Gasteiger partial charge in [0.15, 0.2) is 5.60 Å². The Morgan fingerprint density at radius 3 is 2.35 bits per heavy atom. The summed E-state index contributed by atoms with van der Waals surface area (Å²) in [6.45, 7) is 5.20. The van der Waals surface area contributed by atoms with E-state index in [1.165, 1.54) is 0 Å². The Bertz CT molecular complexity index is 242. The van der Waals surface area contributed by atoms with Crippen LogP contribution in [0.4, 0.5) is 0 Å². The molecule has 0 radical (unpaired) electrons. The molecule has 1 saturated carbocycles. The van der Waals surface area contributed by atoms with E-state index in [2.05, 4.69) is 13.8 Å². The van der Waals surface area contributed by atoms with Crippen LogP contribution in [0.15, 0.2) is 0 Å². The first-order chi connectivity index (χ1) is 8.02. The first-order valence-corrected chi connectivity index (χ1v) is 6.38. The maximum absolute atomic E-state index is 11.4. The summed E-state index contributed by atoms with van der Waals surface area (Å²) < 4.78 is 10.5. The fraction of sp³-hybridized carbons (Fsp3) is 0.923. The molecule has 0 heterocycles. The molecule has 1 aliphatic carbocycles. The van der Waals surface area contributed by atoms with Gasteiger partial charge in [0.2, 0.25) is 0 Å². The summed E-state index contributed by atoms with van der Waals surface area (Å²) in [5.74, 6) is 0.435. The smallest absolute Gasteiger partial charge is 0.335 e. The summed E-state index contributed by atoms with van der Waals surface area (Å²) in [4.78, 5) is 11.4. The molecule has 0 atom stereocenters. The standard InChI is InChI=1S/C13H24O4/c1-10(2)11-4-6-13(7-5-11,12(14)15)17-9-8-16-3/h10-11H,4-9H2,1-3H3,(H,14,15). The first kappa shape index (κ1) is 14.5. The van der Waals surface area contributed by atoms with Crippen molar-refractivity contribution in [1.29, 1.82) is 0 Å².